The molecule has 23 heavy (non-hydrogen) atoms. The summed E-state index contributed by atoms with van der Waals surface area (Å²) in [5.41, 5.74) is 4.32. The average molecular weight is 294 g/mol. The van der Waals surface area contributed by atoms with Crippen LogP contribution in [0.25, 0.3) is 27.4 Å². The summed E-state index contributed by atoms with van der Waals surface area (Å²) in [6, 6.07) is 19.7. The first-order valence-corrected chi connectivity index (χ1v) is 7.41. The Morgan fingerprint density at radius 2 is 1.61 bits per heavy atom. The molecule has 2 heterocycles. The molecule has 0 radical (unpaired) electrons. The van der Waals surface area contributed by atoms with Crippen molar-refractivity contribution in [3.05, 3.63) is 77.6 Å². The van der Waals surface area contributed by atoms with E-state index in [0.717, 1.165) is 27.4 Å². The van der Waals surface area contributed by atoms with Gasteiger partial charge in [0, 0.05) is 22.7 Å². The second-order valence-electron chi connectivity index (χ2n) is 5.71. The summed E-state index contributed by atoms with van der Waals surface area (Å²) in [5.74, 6) is 0.00551. The van der Waals surface area contributed by atoms with Gasteiger partial charge in [-0.3, -0.25) is 4.79 Å². The van der Waals surface area contributed by atoms with Crippen LogP contribution in [0.5, 0.6) is 0 Å². The summed E-state index contributed by atoms with van der Waals surface area (Å²) in [6.45, 7) is 0. The van der Waals surface area contributed by atoms with Crippen LogP contribution in [0.3, 0.4) is 0 Å². The van der Waals surface area contributed by atoms with Gasteiger partial charge in [-0.1, -0.05) is 48.5 Å². The predicted octanol–water partition coefficient (Wildman–Crippen LogP) is 4.18. The second-order valence-corrected chi connectivity index (χ2v) is 5.71. The fraction of sp³-hybridized carbons (Fsp3) is 0. The summed E-state index contributed by atoms with van der Waals surface area (Å²) in [7, 11) is 0. The largest absolute Gasteiger partial charge is 0.306 e. The lowest BCUT2D eigenvalue weighted by atomic mass is 10.1. The van der Waals surface area contributed by atoms with Crippen molar-refractivity contribution in [1.82, 2.24) is 4.40 Å². The zero-order chi connectivity index (χ0) is 15.6. The number of benzene rings is 2. The molecule has 0 bridgehead atoms. The van der Waals surface area contributed by atoms with Crippen LogP contribution in [0.15, 0.2) is 60.8 Å². The highest BCUT2D eigenvalue weighted by molar-refractivity contribution is 6.28. The molecule has 2 aromatic heterocycles. The van der Waals surface area contributed by atoms with Crippen LogP contribution in [-0.2, 0) is 0 Å². The molecule has 2 aromatic carbocycles. The first-order chi connectivity index (χ1) is 11.3. The molecule has 0 N–H and O–H groups in total. The number of hydrogen-bond acceptors (Lipinski definition) is 2. The predicted molar refractivity (Wildman–Crippen MR) is 88.5 cm³/mol. The van der Waals surface area contributed by atoms with Crippen molar-refractivity contribution in [3.8, 4) is 17.2 Å². The third kappa shape index (κ3) is 1.35. The Morgan fingerprint density at radius 1 is 0.870 bits per heavy atom. The van der Waals surface area contributed by atoms with Crippen LogP contribution in [0.1, 0.15) is 21.6 Å². The molecule has 1 aliphatic carbocycles. The van der Waals surface area contributed by atoms with Gasteiger partial charge >= 0.3 is 0 Å². The minimum Gasteiger partial charge on any atom is -0.306 e. The maximum Gasteiger partial charge on any atom is 0.196 e. The van der Waals surface area contributed by atoms with E-state index >= 15 is 0 Å². The van der Waals surface area contributed by atoms with Gasteiger partial charge < -0.3 is 4.40 Å². The molecule has 3 nitrogen and oxygen atoms in total. The summed E-state index contributed by atoms with van der Waals surface area (Å²) in [5, 5.41) is 11.7. The Labute approximate surface area is 132 Å². The van der Waals surface area contributed by atoms with Gasteiger partial charge in [0.1, 0.15) is 11.8 Å². The molecule has 0 spiro atoms. The van der Waals surface area contributed by atoms with Crippen LogP contribution >= 0.6 is 0 Å². The van der Waals surface area contributed by atoms with Gasteiger partial charge in [0.25, 0.3) is 0 Å². The van der Waals surface area contributed by atoms with Crippen LogP contribution < -0.4 is 0 Å². The average Bonchev–Trinajstić information content (AvgIpc) is 3.09. The molecule has 5 rings (SSSR count). The zero-order valence-electron chi connectivity index (χ0n) is 12.1. The lowest BCUT2D eigenvalue weighted by Crippen LogP contribution is -1.98. The van der Waals surface area contributed by atoms with E-state index in [1.54, 1.807) is 0 Å². The highest BCUT2D eigenvalue weighted by Crippen LogP contribution is 2.43. The molecule has 0 saturated carbocycles. The molecular formula is C20H10N2O. The number of fused-ring (bicyclic) bond motifs is 7. The van der Waals surface area contributed by atoms with Crippen molar-refractivity contribution < 1.29 is 4.79 Å². The summed E-state index contributed by atoms with van der Waals surface area (Å²) in [4.78, 5) is 13.0. The minimum absolute atomic E-state index is 0.00551. The number of nitrogens with zero attached hydrogens (tertiary/aromatic N) is 2. The van der Waals surface area contributed by atoms with Crippen LogP contribution in [0, 0.1) is 11.3 Å². The lowest BCUT2D eigenvalue weighted by Gasteiger charge is -2.05. The Hall–Kier alpha value is -3.38. The summed E-state index contributed by atoms with van der Waals surface area (Å²) < 4.78 is 1.85. The number of aromatic nitrogens is 1. The first-order valence-electron chi connectivity index (χ1n) is 7.41. The summed E-state index contributed by atoms with van der Waals surface area (Å²) in [6.07, 6.45) is 1.88. The van der Waals surface area contributed by atoms with Crippen molar-refractivity contribution in [3.63, 3.8) is 0 Å². The van der Waals surface area contributed by atoms with Gasteiger partial charge in [0.2, 0.25) is 0 Å². The van der Waals surface area contributed by atoms with E-state index in [4.69, 9.17) is 0 Å². The maximum atomic E-state index is 13.0. The summed E-state index contributed by atoms with van der Waals surface area (Å²) >= 11 is 0. The fourth-order valence-corrected chi connectivity index (χ4v) is 3.64. The number of carbonyl (C=O) groups excluding carboxylic acids is 1. The Morgan fingerprint density at radius 3 is 2.43 bits per heavy atom. The van der Waals surface area contributed by atoms with Gasteiger partial charge in [-0.05, 0) is 17.0 Å². The van der Waals surface area contributed by atoms with E-state index < -0.39 is 0 Å². The molecule has 0 atom stereocenters. The van der Waals surface area contributed by atoms with Crippen LogP contribution in [-0.4, -0.2) is 10.2 Å². The minimum atomic E-state index is 0.00551. The van der Waals surface area contributed by atoms with Gasteiger partial charge in [-0.25, -0.2) is 0 Å². The van der Waals surface area contributed by atoms with E-state index in [2.05, 4.69) is 6.07 Å². The number of rotatable bonds is 0. The maximum absolute atomic E-state index is 13.0. The number of carbonyl (C=O) groups is 1. The molecule has 0 amide bonds. The van der Waals surface area contributed by atoms with E-state index in [1.807, 2.05) is 65.2 Å². The highest BCUT2D eigenvalue weighted by atomic mass is 16.1. The quantitative estimate of drug-likeness (QED) is 0.430. The van der Waals surface area contributed by atoms with E-state index in [1.165, 1.54) is 0 Å². The normalized spacial score (nSPS) is 12.4. The molecule has 0 fully saturated rings. The van der Waals surface area contributed by atoms with Gasteiger partial charge in [-0.15, -0.1) is 0 Å². The smallest absolute Gasteiger partial charge is 0.196 e. The molecule has 3 heteroatoms. The number of nitriles is 1. The first kappa shape index (κ1) is 12.2. The van der Waals surface area contributed by atoms with Crippen LogP contribution in [0.2, 0.25) is 0 Å². The number of pyridine rings is 1. The zero-order valence-corrected chi connectivity index (χ0v) is 12.1. The van der Waals surface area contributed by atoms with Gasteiger partial charge in [-0.2, -0.15) is 5.26 Å². The molecule has 0 unspecified atom stereocenters. The van der Waals surface area contributed by atoms with Gasteiger partial charge in [0.05, 0.1) is 11.1 Å². The van der Waals surface area contributed by atoms with Crippen molar-refractivity contribution >= 4 is 22.1 Å². The third-order valence-corrected chi connectivity index (χ3v) is 4.60. The standard InChI is InChI=1S/C20H10N2O/c21-11-16-17-14-7-3-4-8-15(14)20(23)18(17)19-13-6-2-1-5-12(13)9-10-22(16)19/h1-10H. The Kier molecular flexibility index (Phi) is 2.17. The number of ketones is 1. The van der Waals surface area contributed by atoms with Crippen LogP contribution in [0.4, 0.5) is 0 Å². The Balaban J connectivity index is 2.09. The lowest BCUT2D eigenvalue weighted by molar-refractivity contribution is 0.104. The molecule has 4 aromatic rings. The third-order valence-electron chi connectivity index (χ3n) is 4.60. The van der Waals surface area contributed by atoms with E-state index in [0.29, 0.717) is 16.8 Å². The second kappa shape index (κ2) is 4.08. The monoisotopic (exact) mass is 294 g/mol. The van der Waals surface area contributed by atoms with E-state index in [-0.39, 0.29) is 5.78 Å². The van der Waals surface area contributed by atoms with Crippen molar-refractivity contribution in [2.75, 3.05) is 0 Å². The molecule has 0 aliphatic heterocycles. The van der Waals surface area contributed by atoms with Gasteiger partial charge in [0.15, 0.2) is 5.78 Å². The SMILES string of the molecule is N#Cc1c2c(c3c4ccccc4ccn13)C(=O)c1ccccc1-2. The fourth-order valence-electron chi connectivity index (χ4n) is 3.64. The molecule has 0 saturated heterocycles. The number of hydrogen-bond donors (Lipinski definition) is 0. The van der Waals surface area contributed by atoms with Crippen molar-refractivity contribution in [2.24, 2.45) is 0 Å². The van der Waals surface area contributed by atoms with Crippen molar-refractivity contribution in [1.29, 1.82) is 5.26 Å². The van der Waals surface area contributed by atoms with E-state index in [9.17, 15) is 10.1 Å². The molecule has 1 aliphatic rings. The molecule has 106 valence electrons. The Bertz CT molecular complexity index is 1190. The molecular weight excluding hydrogens is 284 g/mol. The van der Waals surface area contributed by atoms with Crippen molar-refractivity contribution in [2.45, 2.75) is 0 Å². The highest BCUT2D eigenvalue weighted by Gasteiger charge is 2.34. The topological polar surface area (TPSA) is 45.3 Å².